The average molecular weight is 361 g/mol. The molecule has 0 unspecified atom stereocenters. The van der Waals surface area contributed by atoms with Gasteiger partial charge in [-0.15, -0.1) is 0 Å². The van der Waals surface area contributed by atoms with E-state index < -0.39 is 17.1 Å². The lowest BCUT2D eigenvalue weighted by atomic mass is 10.2. The zero-order valence-corrected chi connectivity index (χ0v) is 14.3. The van der Waals surface area contributed by atoms with Crippen molar-refractivity contribution in [2.24, 2.45) is 4.99 Å². The monoisotopic (exact) mass is 361 g/mol. The first-order valence-electron chi connectivity index (χ1n) is 8.17. The number of rotatable bonds is 3. The number of aromatic amines is 1. The second kappa shape index (κ2) is 6.45. The molecule has 0 atom stereocenters. The second-order valence-corrected chi connectivity index (χ2v) is 5.89. The molecule has 27 heavy (non-hydrogen) atoms. The van der Waals surface area contributed by atoms with E-state index in [1.54, 1.807) is 30.3 Å². The van der Waals surface area contributed by atoms with Crippen LogP contribution in [0.15, 0.2) is 68.8 Å². The maximum Gasteiger partial charge on any atom is 0.335 e. The van der Waals surface area contributed by atoms with Crippen LogP contribution in [0, 0.1) is 0 Å². The Balaban J connectivity index is 1.94. The molecule has 0 saturated heterocycles. The smallest absolute Gasteiger partial charge is 0.335 e. The van der Waals surface area contributed by atoms with Crippen molar-refractivity contribution in [1.82, 2.24) is 9.55 Å². The van der Waals surface area contributed by atoms with Gasteiger partial charge < -0.3 is 9.84 Å². The van der Waals surface area contributed by atoms with Gasteiger partial charge in [-0.1, -0.05) is 30.3 Å². The van der Waals surface area contributed by atoms with Crippen molar-refractivity contribution in [3.8, 4) is 17.3 Å². The number of aromatic nitrogens is 2. The average Bonchev–Trinajstić information content (AvgIpc) is 3.08. The summed E-state index contributed by atoms with van der Waals surface area (Å²) in [7, 11) is 1.46. The fraction of sp³-hybridized carbons (Fsp3) is 0.0500. The number of fused-ring (bicyclic) bond motifs is 1. The molecule has 0 bridgehead atoms. The Kier molecular flexibility index (Phi) is 3.97. The molecule has 2 aromatic carbocycles. The normalized spacial score (nSPS) is 13.7. The van der Waals surface area contributed by atoms with Crippen molar-refractivity contribution in [3.05, 3.63) is 91.2 Å². The Bertz CT molecular complexity index is 1280. The van der Waals surface area contributed by atoms with Gasteiger partial charge in [0, 0.05) is 5.22 Å². The highest BCUT2D eigenvalue weighted by atomic mass is 16.5. The van der Waals surface area contributed by atoms with Gasteiger partial charge in [0.05, 0.1) is 23.9 Å². The summed E-state index contributed by atoms with van der Waals surface area (Å²) in [6.45, 7) is 0. The van der Waals surface area contributed by atoms with Gasteiger partial charge in [-0.25, -0.2) is 14.4 Å². The number of H-pyrrole nitrogens is 1. The van der Waals surface area contributed by atoms with E-state index in [1.807, 2.05) is 24.3 Å². The number of hydrogen-bond acceptors (Lipinski definition) is 5. The molecule has 0 saturated carbocycles. The molecule has 0 spiro atoms. The predicted molar refractivity (Wildman–Crippen MR) is 101 cm³/mol. The summed E-state index contributed by atoms with van der Waals surface area (Å²) in [5.74, 6) is -0.106. The minimum Gasteiger partial charge on any atom is -0.495 e. The minimum atomic E-state index is -0.764. The highest BCUT2D eigenvalue weighted by Gasteiger charge is 2.17. The van der Waals surface area contributed by atoms with Crippen molar-refractivity contribution in [2.75, 3.05) is 7.11 Å². The number of methoxy groups -OCH3 is 1. The molecule has 2 heterocycles. The van der Waals surface area contributed by atoms with Gasteiger partial charge in [0.2, 0.25) is 5.88 Å². The molecule has 7 heteroatoms. The van der Waals surface area contributed by atoms with Crippen LogP contribution < -0.4 is 26.6 Å². The summed E-state index contributed by atoms with van der Waals surface area (Å²) in [5, 5.41) is 12.4. The van der Waals surface area contributed by atoms with E-state index in [0.29, 0.717) is 17.1 Å². The van der Waals surface area contributed by atoms with Crippen molar-refractivity contribution >= 4 is 12.2 Å². The van der Waals surface area contributed by atoms with Gasteiger partial charge in [0.1, 0.15) is 11.3 Å². The molecule has 1 aromatic heterocycles. The number of aromatic hydroxyl groups is 1. The third-order valence-electron chi connectivity index (χ3n) is 4.23. The van der Waals surface area contributed by atoms with Crippen molar-refractivity contribution in [3.63, 3.8) is 0 Å². The summed E-state index contributed by atoms with van der Waals surface area (Å²) in [6, 6.07) is 14.2. The Morgan fingerprint density at radius 2 is 1.85 bits per heavy atom. The van der Waals surface area contributed by atoms with Crippen LogP contribution in [0.4, 0.5) is 0 Å². The van der Waals surface area contributed by atoms with E-state index in [9.17, 15) is 14.7 Å². The van der Waals surface area contributed by atoms with E-state index in [1.165, 1.54) is 13.2 Å². The molecular weight excluding hydrogens is 346 g/mol. The van der Waals surface area contributed by atoms with Crippen LogP contribution in [-0.4, -0.2) is 21.8 Å². The van der Waals surface area contributed by atoms with Gasteiger partial charge in [-0.05, 0) is 30.4 Å². The number of para-hydroxylation sites is 3. The standard InChI is InChI=1S/C20H15N3O4/c1-27-17-9-5-4-8-16(17)23-19(25)14(18(24)22-20(23)26)11-13-10-12-6-2-3-7-15(12)21-13/h2-11,25H,1H3,(H,22,24,26)/b13-11+. The van der Waals surface area contributed by atoms with Gasteiger partial charge in [-0.3, -0.25) is 9.78 Å². The second-order valence-electron chi connectivity index (χ2n) is 5.89. The van der Waals surface area contributed by atoms with Crippen LogP contribution in [0.3, 0.4) is 0 Å². The largest absolute Gasteiger partial charge is 0.495 e. The van der Waals surface area contributed by atoms with Crippen molar-refractivity contribution in [2.45, 2.75) is 0 Å². The van der Waals surface area contributed by atoms with Crippen LogP contribution in [0.25, 0.3) is 17.8 Å². The zero-order chi connectivity index (χ0) is 19.0. The molecule has 3 aromatic rings. The topological polar surface area (TPSA) is 96.7 Å². The fourth-order valence-electron chi connectivity index (χ4n) is 2.97. The van der Waals surface area contributed by atoms with Crippen LogP contribution in [-0.2, 0) is 0 Å². The SMILES string of the molecule is COc1ccccc1-n1c(O)c(/C=C2\C=c3ccccc3=N2)c(=O)[nH]c1=O. The van der Waals surface area contributed by atoms with E-state index in [2.05, 4.69) is 9.98 Å². The first-order chi connectivity index (χ1) is 13.1. The lowest BCUT2D eigenvalue weighted by Gasteiger charge is -2.13. The summed E-state index contributed by atoms with van der Waals surface area (Å²) in [4.78, 5) is 31.3. The van der Waals surface area contributed by atoms with Crippen LogP contribution in [0.2, 0.25) is 0 Å². The zero-order valence-electron chi connectivity index (χ0n) is 14.3. The summed E-state index contributed by atoms with van der Waals surface area (Å²) >= 11 is 0. The Labute approximate surface area is 152 Å². The molecule has 0 aliphatic carbocycles. The highest BCUT2D eigenvalue weighted by molar-refractivity contribution is 5.68. The van der Waals surface area contributed by atoms with E-state index in [-0.39, 0.29) is 5.56 Å². The number of nitrogens with one attached hydrogen (secondary N) is 1. The van der Waals surface area contributed by atoms with E-state index >= 15 is 0 Å². The highest BCUT2D eigenvalue weighted by Crippen LogP contribution is 2.26. The predicted octanol–water partition coefficient (Wildman–Crippen LogP) is 0.695. The number of allylic oxidation sites excluding steroid dienone is 1. The molecular formula is C20H15N3O4. The lowest BCUT2D eigenvalue weighted by Crippen LogP contribution is -2.30. The first-order valence-corrected chi connectivity index (χ1v) is 8.17. The van der Waals surface area contributed by atoms with E-state index in [0.717, 1.165) is 15.1 Å². The first kappa shape index (κ1) is 16.6. The van der Waals surface area contributed by atoms with Crippen molar-refractivity contribution < 1.29 is 9.84 Å². The van der Waals surface area contributed by atoms with Crippen molar-refractivity contribution in [1.29, 1.82) is 0 Å². The van der Waals surface area contributed by atoms with Crippen LogP contribution in [0.5, 0.6) is 11.6 Å². The van der Waals surface area contributed by atoms with Gasteiger partial charge in [0.25, 0.3) is 5.56 Å². The molecule has 2 N–H and O–H groups in total. The molecule has 0 radical (unpaired) electrons. The fourth-order valence-corrected chi connectivity index (χ4v) is 2.97. The Morgan fingerprint density at radius 3 is 2.63 bits per heavy atom. The Hall–Kier alpha value is -3.87. The molecule has 0 amide bonds. The molecule has 134 valence electrons. The molecule has 1 aliphatic heterocycles. The number of hydrogen-bond donors (Lipinski definition) is 2. The van der Waals surface area contributed by atoms with Gasteiger partial charge in [-0.2, -0.15) is 0 Å². The maximum absolute atomic E-state index is 12.3. The minimum absolute atomic E-state index is 0.0664. The molecule has 4 rings (SSSR count). The third-order valence-corrected chi connectivity index (χ3v) is 4.23. The molecule has 0 fully saturated rings. The van der Waals surface area contributed by atoms with Gasteiger partial charge >= 0.3 is 5.69 Å². The molecule has 7 nitrogen and oxygen atoms in total. The summed E-state index contributed by atoms with van der Waals surface area (Å²) < 4.78 is 6.25. The third kappa shape index (κ3) is 2.85. The van der Waals surface area contributed by atoms with Gasteiger partial charge in [0.15, 0.2) is 0 Å². The number of nitrogens with zero attached hydrogens (tertiary/aromatic N) is 2. The molecule has 1 aliphatic rings. The summed E-state index contributed by atoms with van der Waals surface area (Å²) in [5.41, 5.74) is -0.713. The van der Waals surface area contributed by atoms with E-state index in [4.69, 9.17) is 4.74 Å². The van der Waals surface area contributed by atoms with Crippen LogP contribution >= 0.6 is 0 Å². The lowest BCUT2D eigenvalue weighted by molar-refractivity contribution is 0.401. The Morgan fingerprint density at radius 1 is 1.11 bits per heavy atom. The van der Waals surface area contributed by atoms with Crippen LogP contribution in [0.1, 0.15) is 5.56 Å². The quantitative estimate of drug-likeness (QED) is 0.718. The number of ether oxygens (including phenoxy) is 1. The number of benzene rings is 2. The summed E-state index contributed by atoms with van der Waals surface area (Å²) in [6.07, 6.45) is 3.24. The maximum atomic E-state index is 12.3.